The highest BCUT2D eigenvalue weighted by Gasteiger charge is 2.15. The van der Waals surface area contributed by atoms with E-state index in [9.17, 15) is 4.79 Å². The lowest BCUT2D eigenvalue weighted by atomic mass is 10.1. The zero-order chi connectivity index (χ0) is 15.2. The molecular weight excluding hydrogens is 266 g/mol. The number of aromatic nitrogens is 1. The van der Waals surface area contributed by atoms with Crippen LogP contribution in [0.3, 0.4) is 0 Å². The van der Waals surface area contributed by atoms with E-state index in [-0.39, 0.29) is 17.9 Å². The minimum atomic E-state index is -0.0955. The summed E-state index contributed by atoms with van der Waals surface area (Å²) in [6.45, 7) is 5.54. The molecule has 1 aromatic heterocycles. The van der Waals surface area contributed by atoms with Crippen molar-refractivity contribution in [2.24, 2.45) is 0 Å². The molecule has 5 nitrogen and oxygen atoms in total. The molecule has 0 aromatic carbocycles. The molecular formula is C16H25N3O2. The number of carbonyl (C=O) groups is 1. The summed E-state index contributed by atoms with van der Waals surface area (Å²) in [5, 5.41) is 2.94. The SMILES string of the molecule is CC(C)c1cc(C(=O)NCCC2CCCCO2)cc(N)n1. The summed E-state index contributed by atoms with van der Waals surface area (Å²) in [4.78, 5) is 16.4. The van der Waals surface area contributed by atoms with Crippen LogP contribution in [-0.2, 0) is 4.74 Å². The van der Waals surface area contributed by atoms with Crippen molar-refractivity contribution >= 4 is 11.7 Å². The topological polar surface area (TPSA) is 77.2 Å². The van der Waals surface area contributed by atoms with Crippen molar-refractivity contribution < 1.29 is 9.53 Å². The Kier molecular flexibility index (Phi) is 5.56. The number of anilines is 1. The fourth-order valence-electron chi connectivity index (χ4n) is 2.48. The van der Waals surface area contributed by atoms with Gasteiger partial charge < -0.3 is 15.8 Å². The third kappa shape index (κ3) is 4.70. The summed E-state index contributed by atoms with van der Waals surface area (Å²) < 4.78 is 5.65. The van der Waals surface area contributed by atoms with Gasteiger partial charge in [0, 0.05) is 24.4 Å². The Morgan fingerprint density at radius 2 is 2.29 bits per heavy atom. The number of amides is 1. The zero-order valence-corrected chi connectivity index (χ0v) is 12.9. The van der Waals surface area contributed by atoms with Crippen molar-refractivity contribution in [3.63, 3.8) is 0 Å². The molecule has 0 spiro atoms. The van der Waals surface area contributed by atoms with E-state index in [4.69, 9.17) is 10.5 Å². The Morgan fingerprint density at radius 1 is 1.48 bits per heavy atom. The number of rotatable bonds is 5. The number of hydrogen-bond donors (Lipinski definition) is 2. The van der Waals surface area contributed by atoms with Crippen LogP contribution in [0.5, 0.6) is 0 Å². The van der Waals surface area contributed by atoms with Crippen LogP contribution in [0.4, 0.5) is 5.82 Å². The molecule has 2 rings (SSSR count). The van der Waals surface area contributed by atoms with E-state index >= 15 is 0 Å². The van der Waals surface area contributed by atoms with Gasteiger partial charge in [0.1, 0.15) is 5.82 Å². The van der Waals surface area contributed by atoms with Gasteiger partial charge in [0.15, 0.2) is 0 Å². The van der Waals surface area contributed by atoms with E-state index < -0.39 is 0 Å². The number of ether oxygens (including phenoxy) is 1. The van der Waals surface area contributed by atoms with E-state index in [0.717, 1.165) is 31.6 Å². The molecule has 1 aromatic rings. The highest BCUT2D eigenvalue weighted by atomic mass is 16.5. The maximum Gasteiger partial charge on any atom is 0.251 e. The Bertz CT molecular complexity index is 482. The molecule has 1 saturated heterocycles. The quantitative estimate of drug-likeness (QED) is 0.873. The molecule has 21 heavy (non-hydrogen) atoms. The lowest BCUT2D eigenvalue weighted by Crippen LogP contribution is -2.29. The van der Waals surface area contributed by atoms with Crippen molar-refractivity contribution in [1.82, 2.24) is 10.3 Å². The number of nitrogen functional groups attached to an aromatic ring is 1. The molecule has 1 atom stereocenters. The Balaban J connectivity index is 1.87. The first kappa shape index (κ1) is 15.8. The zero-order valence-electron chi connectivity index (χ0n) is 12.9. The summed E-state index contributed by atoms with van der Waals surface area (Å²) in [6, 6.07) is 3.44. The molecule has 1 aliphatic heterocycles. The van der Waals surface area contributed by atoms with Gasteiger partial charge in [-0.25, -0.2) is 4.98 Å². The third-order valence-corrected chi connectivity index (χ3v) is 3.74. The second kappa shape index (κ2) is 7.41. The molecule has 1 unspecified atom stereocenters. The van der Waals surface area contributed by atoms with Gasteiger partial charge in [-0.1, -0.05) is 13.8 Å². The van der Waals surface area contributed by atoms with Crippen LogP contribution in [0.25, 0.3) is 0 Å². The highest BCUT2D eigenvalue weighted by Crippen LogP contribution is 2.17. The van der Waals surface area contributed by atoms with E-state index in [1.807, 2.05) is 19.9 Å². The molecule has 1 aliphatic rings. The molecule has 0 bridgehead atoms. The summed E-state index contributed by atoms with van der Waals surface area (Å²) in [7, 11) is 0. The summed E-state index contributed by atoms with van der Waals surface area (Å²) in [6.07, 6.45) is 4.61. The van der Waals surface area contributed by atoms with Crippen molar-refractivity contribution in [3.8, 4) is 0 Å². The molecule has 0 radical (unpaired) electrons. The van der Waals surface area contributed by atoms with Gasteiger partial charge in [-0.15, -0.1) is 0 Å². The first-order valence-corrected chi connectivity index (χ1v) is 7.73. The average Bonchev–Trinajstić information content (AvgIpc) is 2.47. The monoisotopic (exact) mass is 291 g/mol. The minimum Gasteiger partial charge on any atom is -0.384 e. The predicted octanol–water partition coefficient (Wildman–Crippen LogP) is 2.48. The molecule has 1 amide bonds. The fourth-order valence-corrected chi connectivity index (χ4v) is 2.48. The van der Waals surface area contributed by atoms with Crippen molar-refractivity contribution in [2.75, 3.05) is 18.9 Å². The first-order chi connectivity index (χ1) is 10.1. The number of pyridine rings is 1. The van der Waals surface area contributed by atoms with Crippen LogP contribution in [-0.4, -0.2) is 30.1 Å². The fraction of sp³-hybridized carbons (Fsp3) is 0.625. The minimum absolute atomic E-state index is 0.0955. The van der Waals surface area contributed by atoms with Gasteiger partial charge >= 0.3 is 0 Å². The van der Waals surface area contributed by atoms with E-state index in [1.165, 1.54) is 6.42 Å². The molecule has 0 saturated carbocycles. The van der Waals surface area contributed by atoms with Crippen molar-refractivity contribution in [2.45, 2.75) is 51.6 Å². The van der Waals surface area contributed by atoms with Crippen LogP contribution in [0.1, 0.15) is 61.5 Å². The van der Waals surface area contributed by atoms with Crippen LogP contribution in [0.15, 0.2) is 12.1 Å². The van der Waals surface area contributed by atoms with E-state index in [2.05, 4.69) is 10.3 Å². The Morgan fingerprint density at radius 3 is 2.95 bits per heavy atom. The summed E-state index contributed by atoms with van der Waals surface area (Å²) >= 11 is 0. The number of carbonyl (C=O) groups excluding carboxylic acids is 1. The average molecular weight is 291 g/mol. The smallest absolute Gasteiger partial charge is 0.251 e. The van der Waals surface area contributed by atoms with E-state index in [1.54, 1.807) is 6.07 Å². The predicted molar refractivity (Wildman–Crippen MR) is 83.3 cm³/mol. The number of nitrogens with two attached hydrogens (primary N) is 1. The number of hydrogen-bond acceptors (Lipinski definition) is 4. The maximum atomic E-state index is 12.2. The summed E-state index contributed by atoms with van der Waals surface area (Å²) in [5.41, 5.74) is 7.19. The van der Waals surface area contributed by atoms with Crippen LogP contribution >= 0.6 is 0 Å². The molecule has 2 heterocycles. The molecule has 116 valence electrons. The summed E-state index contributed by atoms with van der Waals surface area (Å²) in [5.74, 6) is 0.541. The lowest BCUT2D eigenvalue weighted by Gasteiger charge is -2.22. The van der Waals surface area contributed by atoms with Gasteiger partial charge in [0.2, 0.25) is 0 Å². The van der Waals surface area contributed by atoms with Gasteiger partial charge in [0.25, 0.3) is 5.91 Å². The lowest BCUT2D eigenvalue weighted by molar-refractivity contribution is 0.0117. The Hall–Kier alpha value is -1.62. The van der Waals surface area contributed by atoms with Crippen LogP contribution in [0.2, 0.25) is 0 Å². The largest absolute Gasteiger partial charge is 0.384 e. The first-order valence-electron chi connectivity index (χ1n) is 7.73. The standard InChI is InChI=1S/C16H25N3O2/c1-11(2)14-9-12(10-15(17)19-14)16(20)18-7-6-13-5-3-4-8-21-13/h9-11,13H,3-8H2,1-2H3,(H2,17,19)(H,18,20). The number of nitrogens with zero attached hydrogens (tertiary/aromatic N) is 1. The molecule has 0 aliphatic carbocycles. The molecule has 3 N–H and O–H groups in total. The van der Waals surface area contributed by atoms with E-state index in [0.29, 0.717) is 17.9 Å². The van der Waals surface area contributed by atoms with Crippen molar-refractivity contribution in [1.29, 1.82) is 0 Å². The van der Waals surface area contributed by atoms with Crippen LogP contribution < -0.4 is 11.1 Å². The maximum absolute atomic E-state index is 12.2. The molecule has 5 heteroatoms. The second-order valence-electron chi connectivity index (χ2n) is 5.89. The van der Waals surface area contributed by atoms with Gasteiger partial charge in [-0.05, 0) is 43.7 Å². The molecule has 1 fully saturated rings. The number of nitrogens with one attached hydrogen (secondary N) is 1. The normalized spacial score (nSPS) is 18.7. The highest BCUT2D eigenvalue weighted by molar-refractivity contribution is 5.94. The second-order valence-corrected chi connectivity index (χ2v) is 5.89. The van der Waals surface area contributed by atoms with Gasteiger partial charge in [0.05, 0.1) is 6.10 Å². The van der Waals surface area contributed by atoms with Gasteiger partial charge in [-0.3, -0.25) is 4.79 Å². The van der Waals surface area contributed by atoms with Gasteiger partial charge in [-0.2, -0.15) is 0 Å². The van der Waals surface area contributed by atoms with Crippen LogP contribution in [0, 0.1) is 0 Å². The third-order valence-electron chi connectivity index (χ3n) is 3.74. The Labute approximate surface area is 126 Å². The van der Waals surface area contributed by atoms with Crippen molar-refractivity contribution in [3.05, 3.63) is 23.4 Å².